The number of aromatic amines is 1. The highest BCUT2D eigenvalue weighted by Gasteiger charge is 2.19. The van der Waals surface area contributed by atoms with E-state index in [1.807, 2.05) is 67.8 Å². The number of rotatable bonds is 5. The lowest BCUT2D eigenvalue weighted by Gasteiger charge is -2.18. The highest BCUT2D eigenvalue weighted by atomic mass is 16.2. The van der Waals surface area contributed by atoms with E-state index >= 15 is 0 Å². The fourth-order valence-corrected chi connectivity index (χ4v) is 3.46. The number of nitrogens with zero attached hydrogens (tertiary/aromatic N) is 1. The second kappa shape index (κ2) is 7.96. The van der Waals surface area contributed by atoms with E-state index in [9.17, 15) is 4.79 Å². The number of hydrogen-bond donors (Lipinski definition) is 3. The molecular weight excluding hydrogens is 348 g/mol. The predicted octanol–water partition coefficient (Wildman–Crippen LogP) is 4.82. The molecule has 28 heavy (non-hydrogen) atoms. The monoisotopic (exact) mass is 370 g/mol. The van der Waals surface area contributed by atoms with Gasteiger partial charge < -0.3 is 15.6 Å². The number of amides is 2. The van der Waals surface area contributed by atoms with Crippen molar-refractivity contribution >= 4 is 22.6 Å². The number of nitrogens with one attached hydrogen (secondary N) is 3. The van der Waals surface area contributed by atoms with E-state index < -0.39 is 0 Å². The summed E-state index contributed by atoms with van der Waals surface area (Å²) >= 11 is 0. The zero-order chi connectivity index (χ0) is 19.3. The third-order valence-electron chi connectivity index (χ3n) is 4.83. The van der Waals surface area contributed by atoms with Gasteiger partial charge in [0.2, 0.25) is 0 Å². The topological polar surface area (TPSA) is 69.8 Å². The molecule has 0 aliphatic rings. The van der Waals surface area contributed by atoms with Gasteiger partial charge in [-0.15, -0.1) is 0 Å². The predicted molar refractivity (Wildman–Crippen MR) is 113 cm³/mol. The number of aryl methyl sites for hydroxylation is 1. The van der Waals surface area contributed by atoms with Crippen LogP contribution >= 0.6 is 0 Å². The van der Waals surface area contributed by atoms with Crippen molar-refractivity contribution in [2.75, 3.05) is 11.9 Å². The molecule has 140 valence electrons. The fraction of sp³-hybridized carbons (Fsp3) is 0.130. The number of aromatic nitrogens is 2. The van der Waals surface area contributed by atoms with Gasteiger partial charge in [-0.2, -0.15) is 0 Å². The highest BCUT2D eigenvalue weighted by Crippen LogP contribution is 2.30. The third-order valence-corrected chi connectivity index (χ3v) is 4.83. The smallest absolute Gasteiger partial charge is 0.319 e. The molecule has 2 aromatic carbocycles. The lowest BCUT2D eigenvalue weighted by atomic mass is 9.92. The average Bonchev–Trinajstić information content (AvgIpc) is 3.13. The number of hydrogen-bond acceptors (Lipinski definition) is 2. The van der Waals surface area contributed by atoms with Crippen LogP contribution in [0.3, 0.4) is 0 Å². The number of pyridine rings is 1. The molecule has 0 unspecified atom stereocenters. The zero-order valence-electron chi connectivity index (χ0n) is 15.6. The van der Waals surface area contributed by atoms with Crippen LogP contribution in [0.15, 0.2) is 79.3 Å². The van der Waals surface area contributed by atoms with E-state index in [1.165, 1.54) is 0 Å². The maximum Gasteiger partial charge on any atom is 0.319 e. The molecule has 2 amide bonds. The maximum atomic E-state index is 12.4. The second-order valence-corrected chi connectivity index (χ2v) is 6.83. The minimum absolute atomic E-state index is 0.00638. The van der Waals surface area contributed by atoms with Crippen molar-refractivity contribution in [3.8, 4) is 0 Å². The Morgan fingerprint density at radius 1 is 1.11 bits per heavy atom. The molecule has 3 N–H and O–H groups in total. The quantitative estimate of drug-likeness (QED) is 0.471. The van der Waals surface area contributed by atoms with Gasteiger partial charge in [-0.1, -0.05) is 36.4 Å². The Balaban J connectivity index is 1.56. The SMILES string of the molecule is Cc1cccc(NC(=O)NC[C@@H](c2cccnc2)c2c[nH]c3ccccc23)c1. The molecule has 4 rings (SSSR count). The first-order chi connectivity index (χ1) is 13.7. The number of carbonyl (C=O) groups excluding carboxylic acids is 1. The van der Waals surface area contributed by atoms with Crippen molar-refractivity contribution in [3.63, 3.8) is 0 Å². The van der Waals surface area contributed by atoms with Gasteiger partial charge in [-0.05, 0) is 47.9 Å². The van der Waals surface area contributed by atoms with Crippen molar-refractivity contribution in [1.82, 2.24) is 15.3 Å². The van der Waals surface area contributed by atoms with Crippen LogP contribution in [0.1, 0.15) is 22.6 Å². The van der Waals surface area contributed by atoms with Gasteiger partial charge in [0.15, 0.2) is 0 Å². The van der Waals surface area contributed by atoms with Crippen LogP contribution in [0.5, 0.6) is 0 Å². The van der Waals surface area contributed by atoms with Crippen LogP contribution in [0, 0.1) is 6.92 Å². The largest absolute Gasteiger partial charge is 0.361 e. The van der Waals surface area contributed by atoms with Gasteiger partial charge in [0.25, 0.3) is 0 Å². The summed E-state index contributed by atoms with van der Waals surface area (Å²) in [6.07, 6.45) is 5.63. The van der Waals surface area contributed by atoms with E-state index in [1.54, 1.807) is 6.20 Å². The molecule has 1 atom stereocenters. The number of benzene rings is 2. The molecule has 0 radical (unpaired) electrons. The number of H-pyrrole nitrogens is 1. The van der Waals surface area contributed by atoms with Gasteiger partial charge >= 0.3 is 6.03 Å². The minimum Gasteiger partial charge on any atom is -0.361 e. The molecule has 0 saturated heterocycles. The zero-order valence-corrected chi connectivity index (χ0v) is 15.6. The summed E-state index contributed by atoms with van der Waals surface area (Å²) in [5.74, 6) is -0.00638. The molecule has 5 heteroatoms. The fourth-order valence-electron chi connectivity index (χ4n) is 3.46. The summed E-state index contributed by atoms with van der Waals surface area (Å²) in [4.78, 5) is 20.0. The molecule has 0 aliphatic carbocycles. The number of para-hydroxylation sites is 1. The van der Waals surface area contributed by atoms with Crippen molar-refractivity contribution in [2.24, 2.45) is 0 Å². The number of fused-ring (bicyclic) bond motifs is 1. The molecule has 4 aromatic rings. The van der Waals surface area contributed by atoms with E-state index in [2.05, 4.69) is 32.7 Å². The summed E-state index contributed by atoms with van der Waals surface area (Å²) in [5.41, 5.74) is 5.16. The number of anilines is 1. The molecule has 0 saturated carbocycles. The summed E-state index contributed by atoms with van der Waals surface area (Å²) < 4.78 is 0. The standard InChI is InChI=1S/C23H22N4O/c1-16-6-4-8-18(12-16)27-23(28)26-14-20(17-7-5-11-24-13-17)21-15-25-22-10-3-2-9-19(21)22/h2-13,15,20,25H,14H2,1H3,(H2,26,27,28)/t20-/m0/s1. The second-order valence-electron chi connectivity index (χ2n) is 6.83. The summed E-state index contributed by atoms with van der Waals surface area (Å²) in [6, 6.07) is 19.7. The summed E-state index contributed by atoms with van der Waals surface area (Å²) in [6.45, 7) is 2.46. The molecule has 0 fully saturated rings. The maximum absolute atomic E-state index is 12.4. The van der Waals surface area contributed by atoms with Crippen molar-refractivity contribution in [3.05, 3.63) is 95.9 Å². The van der Waals surface area contributed by atoms with Crippen LogP contribution < -0.4 is 10.6 Å². The Labute approximate surface area is 163 Å². The van der Waals surface area contributed by atoms with Gasteiger partial charge in [0.05, 0.1) is 0 Å². The molecular formula is C23H22N4O. The Kier molecular flexibility index (Phi) is 5.06. The van der Waals surface area contributed by atoms with Crippen LogP contribution in [0.4, 0.5) is 10.5 Å². The first-order valence-electron chi connectivity index (χ1n) is 9.28. The summed E-state index contributed by atoms with van der Waals surface area (Å²) in [7, 11) is 0. The highest BCUT2D eigenvalue weighted by molar-refractivity contribution is 5.89. The molecule has 0 aliphatic heterocycles. The van der Waals surface area contributed by atoms with E-state index in [-0.39, 0.29) is 11.9 Å². The average molecular weight is 370 g/mol. The normalized spacial score (nSPS) is 11.9. The van der Waals surface area contributed by atoms with Crippen molar-refractivity contribution in [2.45, 2.75) is 12.8 Å². The van der Waals surface area contributed by atoms with Gasteiger partial charge in [0.1, 0.15) is 0 Å². The Morgan fingerprint density at radius 3 is 2.82 bits per heavy atom. The van der Waals surface area contributed by atoms with Gasteiger partial charge in [-0.25, -0.2) is 4.79 Å². The molecule has 2 aromatic heterocycles. The molecule has 0 spiro atoms. The number of urea groups is 1. The Bertz CT molecular complexity index is 1090. The first kappa shape index (κ1) is 17.8. The Hall–Kier alpha value is -3.60. The van der Waals surface area contributed by atoms with Gasteiger partial charge in [-0.3, -0.25) is 4.98 Å². The van der Waals surface area contributed by atoms with Crippen LogP contribution in [0.25, 0.3) is 10.9 Å². The molecule has 0 bridgehead atoms. The molecule has 5 nitrogen and oxygen atoms in total. The summed E-state index contributed by atoms with van der Waals surface area (Å²) in [5, 5.41) is 7.06. The van der Waals surface area contributed by atoms with E-state index in [0.717, 1.165) is 33.3 Å². The minimum atomic E-state index is -0.223. The van der Waals surface area contributed by atoms with Crippen molar-refractivity contribution < 1.29 is 4.79 Å². The van der Waals surface area contributed by atoms with E-state index in [4.69, 9.17) is 0 Å². The Morgan fingerprint density at radius 2 is 2.00 bits per heavy atom. The molecule has 2 heterocycles. The van der Waals surface area contributed by atoms with Crippen molar-refractivity contribution in [1.29, 1.82) is 0 Å². The van der Waals surface area contributed by atoms with Crippen LogP contribution in [-0.2, 0) is 0 Å². The van der Waals surface area contributed by atoms with Gasteiger partial charge in [0, 0.05) is 47.6 Å². The van der Waals surface area contributed by atoms with Crippen LogP contribution in [-0.4, -0.2) is 22.5 Å². The lowest BCUT2D eigenvalue weighted by molar-refractivity contribution is 0.252. The lowest BCUT2D eigenvalue weighted by Crippen LogP contribution is -2.32. The first-order valence-corrected chi connectivity index (χ1v) is 9.28. The van der Waals surface area contributed by atoms with Crippen LogP contribution in [0.2, 0.25) is 0 Å². The van der Waals surface area contributed by atoms with E-state index in [0.29, 0.717) is 6.54 Å². The number of carbonyl (C=O) groups is 1. The third kappa shape index (κ3) is 3.88.